The van der Waals surface area contributed by atoms with Crippen molar-refractivity contribution in [1.82, 2.24) is 5.32 Å². The maximum Gasteiger partial charge on any atom is 0.319 e. The number of methoxy groups -OCH3 is 1. The summed E-state index contributed by atoms with van der Waals surface area (Å²) >= 11 is 0. The van der Waals surface area contributed by atoms with Crippen molar-refractivity contribution in [3.63, 3.8) is 0 Å². The Bertz CT molecular complexity index is 805. The minimum Gasteiger partial charge on any atom is -0.497 e. The van der Waals surface area contributed by atoms with Crippen molar-refractivity contribution >= 4 is 23.3 Å². The van der Waals surface area contributed by atoms with Crippen molar-refractivity contribution in [1.29, 1.82) is 0 Å². The van der Waals surface area contributed by atoms with Crippen LogP contribution >= 0.6 is 0 Å². The van der Waals surface area contributed by atoms with Crippen LogP contribution in [0.15, 0.2) is 48.5 Å². The average Bonchev–Trinajstić information content (AvgIpc) is 3.08. The zero-order chi connectivity index (χ0) is 19.9. The molecule has 1 saturated heterocycles. The molecule has 3 amide bonds. The van der Waals surface area contributed by atoms with Crippen LogP contribution in [0.1, 0.15) is 13.3 Å². The Morgan fingerprint density at radius 1 is 1.11 bits per heavy atom. The van der Waals surface area contributed by atoms with Crippen LogP contribution in [0.4, 0.5) is 16.2 Å². The molecule has 148 valence electrons. The number of amides is 3. The molecule has 7 nitrogen and oxygen atoms in total. The first kappa shape index (κ1) is 19.5. The number of nitrogens with zero attached hydrogens (tertiary/aromatic N) is 1. The number of benzene rings is 2. The van der Waals surface area contributed by atoms with Crippen molar-refractivity contribution in [2.24, 2.45) is 5.92 Å². The molecule has 1 fully saturated rings. The number of ether oxygens (including phenoxy) is 2. The molecule has 2 aromatic rings. The van der Waals surface area contributed by atoms with Crippen LogP contribution in [0.3, 0.4) is 0 Å². The van der Waals surface area contributed by atoms with Crippen LogP contribution in [-0.2, 0) is 4.79 Å². The van der Waals surface area contributed by atoms with Crippen molar-refractivity contribution < 1.29 is 19.1 Å². The van der Waals surface area contributed by atoms with Gasteiger partial charge >= 0.3 is 6.03 Å². The number of carbonyl (C=O) groups excluding carboxylic acids is 2. The predicted octanol–water partition coefficient (Wildman–Crippen LogP) is 3.27. The highest BCUT2D eigenvalue weighted by atomic mass is 16.5. The molecule has 3 rings (SSSR count). The number of hydrogen-bond donors (Lipinski definition) is 2. The van der Waals surface area contributed by atoms with E-state index in [1.165, 1.54) is 0 Å². The quantitative estimate of drug-likeness (QED) is 0.769. The molecule has 0 aromatic heterocycles. The minimum atomic E-state index is -0.294. The Kier molecular flexibility index (Phi) is 6.37. The molecule has 1 aliphatic rings. The number of hydrogen-bond acceptors (Lipinski definition) is 4. The summed E-state index contributed by atoms with van der Waals surface area (Å²) in [6.45, 7) is 3.55. The second-order valence-electron chi connectivity index (χ2n) is 6.56. The summed E-state index contributed by atoms with van der Waals surface area (Å²) < 4.78 is 10.5. The van der Waals surface area contributed by atoms with Gasteiger partial charge in [0.25, 0.3) is 0 Å². The SMILES string of the molecule is CCOc1ccc(N2C[C@H](CNC(=O)Nc3ccc(OC)cc3)CC2=O)cc1. The summed E-state index contributed by atoms with van der Waals surface area (Å²) in [6, 6.07) is 14.3. The van der Waals surface area contributed by atoms with Crippen LogP contribution in [0, 0.1) is 5.92 Å². The van der Waals surface area contributed by atoms with Crippen LogP contribution < -0.4 is 25.0 Å². The van der Waals surface area contributed by atoms with Crippen LogP contribution in [0.5, 0.6) is 11.5 Å². The molecule has 2 aromatic carbocycles. The molecule has 1 heterocycles. The van der Waals surface area contributed by atoms with E-state index in [-0.39, 0.29) is 17.9 Å². The molecular weight excluding hydrogens is 358 g/mol. The molecule has 0 saturated carbocycles. The van der Waals surface area contributed by atoms with E-state index in [0.717, 1.165) is 17.2 Å². The first-order valence-corrected chi connectivity index (χ1v) is 9.31. The Labute approximate surface area is 164 Å². The number of urea groups is 1. The molecular formula is C21H25N3O4. The molecule has 2 N–H and O–H groups in total. The second kappa shape index (κ2) is 9.12. The average molecular weight is 383 g/mol. The van der Waals surface area contributed by atoms with Crippen molar-refractivity contribution in [3.8, 4) is 11.5 Å². The number of rotatable bonds is 7. The predicted molar refractivity (Wildman–Crippen MR) is 108 cm³/mol. The third kappa shape index (κ3) is 4.94. The lowest BCUT2D eigenvalue weighted by Crippen LogP contribution is -2.34. The van der Waals surface area contributed by atoms with Gasteiger partial charge in [0, 0.05) is 36.8 Å². The smallest absolute Gasteiger partial charge is 0.319 e. The number of nitrogens with one attached hydrogen (secondary N) is 2. The zero-order valence-electron chi connectivity index (χ0n) is 16.1. The molecule has 0 bridgehead atoms. The van der Waals surface area contributed by atoms with E-state index in [2.05, 4.69) is 10.6 Å². The fourth-order valence-electron chi connectivity index (χ4n) is 3.14. The maximum atomic E-state index is 12.3. The summed E-state index contributed by atoms with van der Waals surface area (Å²) in [4.78, 5) is 26.2. The molecule has 0 spiro atoms. The Morgan fingerprint density at radius 2 is 1.79 bits per heavy atom. The number of carbonyl (C=O) groups is 2. The fraction of sp³-hybridized carbons (Fsp3) is 0.333. The second-order valence-corrected chi connectivity index (χ2v) is 6.56. The van der Waals surface area contributed by atoms with Gasteiger partial charge in [-0.15, -0.1) is 0 Å². The lowest BCUT2D eigenvalue weighted by Gasteiger charge is -2.17. The van der Waals surface area contributed by atoms with Gasteiger partial charge in [-0.25, -0.2) is 4.79 Å². The van der Waals surface area contributed by atoms with Crippen LogP contribution in [0.2, 0.25) is 0 Å². The monoisotopic (exact) mass is 383 g/mol. The highest BCUT2D eigenvalue weighted by molar-refractivity contribution is 5.96. The third-order valence-corrected chi connectivity index (χ3v) is 4.56. The number of anilines is 2. The Hall–Kier alpha value is -3.22. The first-order chi connectivity index (χ1) is 13.6. The van der Waals surface area contributed by atoms with E-state index >= 15 is 0 Å². The van der Waals surface area contributed by atoms with Gasteiger partial charge in [0.05, 0.1) is 13.7 Å². The summed E-state index contributed by atoms with van der Waals surface area (Å²) in [5.41, 5.74) is 1.52. The summed E-state index contributed by atoms with van der Waals surface area (Å²) in [7, 11) is 1.59. The van der Waals surface area contributed by atoms with E-state index in [0.29, 0.717) is 31.8 Å². The van der Waals surface area contributed by atoms with Gasteiger partial charge < -0.3 is 25.0 Å². The minimum absolute atomic E-state index is 0.0616. The first-order valence-electron chi connectivity index (χ1n) is 9.31. The van der Waals surface area contributed by atoms with E-state index < -0.39 is 0 Å². The summed E-state index contributed by atoms with van der Waals surface area (Å²) in [6.07, 6.45) is 0.413. The summed E-state index contributed by atoms with van der Waals surface area (Å²) in [5, 5.41) is 5.61. The lowest BCUT2D eigenvalue weighted by molar-refractivity contribution is -0.117. The van der Waals surface area contributed by atoms with Gasteiger partial charge in [-0.05, 0) is 55.5 Å². The lowest BCUT2D eigenvalue weighted by atomic mass is 10.1. The highest BCUT2D eigenvalue weighted by Gasteiger charge is 2.30. The van der Waals surface area contributed by atoms with Gasteiger partial charge in [0.2, 0.25) is 5.91 Å². The van der Waals surface area contributed by atoms with Crippen molar-refractivity contribution in [3.05, 3.63) is 48.5 Å². The van der Waals surface area contributed by atoms with Gasteiger partial charge in [0.1, 0.15) is 11.5 Å². The van der Waals surface area contributed by atoms with Gasteiger partial charge in [0.15, 0.2) is 0 Å². The molecule has 7 heteroatoms. The van der Waals surface area contributed by atoms with E-state index in [1.54, 1.807) is 36.3 Å². The van der Waals surface area contributed by atoms with E-state index in [9.17, 15) is 9.59 Å². The highest BCUT2D eigenvalue weighted by Crippen LogP contribution is 2.26. The Balaban J connectivity index is 1.48. The molecule has 0 unspecified atom stereocenters. The molecule has 1 aliphatic heterocycles. The third-order valence-electron chi connectivity index (χ3n) is 4.56. The van der Waals surface area contributed by atoms with Gasteiger partial charge in [-0.1, -0.05) is 0 Å². The van der Waals surface area contributed by atoms with Gasteiger partial charge in [-0.2, -0.15) is 0 Å². The Morgan fingerprint density at radius 3 is 2.43 bits per heavy atom. The zero-order valence-corrected chi connectivity index (χ0v) is 16.1. The normalized spacial score (nSPS) is 16.0. The van der Waals surface area contributed by atoms with Gasteiger partial charge in [-0.3, -0.25) is 4.79 Å². The standard InChI is InChI=1S/C21H25N3O4/c1-3-28-19-10-6-17(7-11-19)24-14-15(12-20(24)25)13-22-21(26)23-16-4-8-18(27-2)9-5-16/h4-11,15H,3,12-14H2,1-2H3,(H2,22,23,26)/t15-/m0/s1. The van der Waals surface area contributed by atoms with Crippen molar-refractivity contribution in [2.75, 3.05) is 37.0 Å². The largest absolute Gasteiger partial charge is 0.497 e. The van der Waals surface area contributed by atoms with E-state index in [1.807, 2.05) is 31.2 Å². The topological polar surface area (TPSA) is 79.9 Å². The molecule has 1 atom stereocenters. The van der Waals surface area contributed by atoms with E-state index in [4.69, 9.17) is 9.47 Å². The summed E-state index contributed by atoms with van der Waals surface area (Å²) in [5.74, 6) is 1.64. The molecule has 0 aliphatic carbocycles. The fourth-order valence-corrected chi connectivity index (χ4v) is 3.14. The molecule has 28 heavy (non-hydrogen) atoms. The molecule has 0 radical (unpaired) electrons. The van der Waals surface area contributed by atoms with Crippen LogP contribution in [-0.4, -0.2) is 38.7 Å². The maximum absolute atomic E-state index is 12.3. The van der Waals surface area contributed by atoms with Crippen LogP contribution in [0.25, 0.3) is 0 Å². The van der Waals surface area contributed by atoms with Crippen molar-refractivity contribution in [2.45, 2.75) is 13.3 Å².